The van der Waals surface area contributed by atoms with E-state index in [0.717, 1.165) is 25.7 Å². The number of rotatable bonds is 2. The van der Waals surface area contributed by atoms with Gasteiger partial charge in [-0.1, -0.05) is 36.6 Å². The van der Waals surface area contributed by atoms with E-state index in [1.165, 1.54) is 12.1 Å². The van der Waals surface area contributed by atoms with Gasteiger partial charge in [0.1, 0.15) is 11.2 Å². The summed E-state index contributed by atoms with van der Waals surface area (Å²) in [5.41, 5.74) is 0.156. The monoisotopic (exact) mass is 303 g/mol. The summed E-state index contributed by atoms with van der Waals surface area (Å²) in [6, 6.07) is 4.56. The van der Waals surface area contributed by atoms with E-state index >= 15 is 0 Å². The van der Waals surface area contributed by atoms with E-state index in [1.54, 1.807) is 11.0 Å². The van der Waals surface area contributed by atoms with Crippen LogP contribution in [0.4, 0.5) is 4.39 Å². The largest absolute Gasteiger partial charge is 0.341 e. The van der Waals surface area contributed by atoms with Crippen molar-refractivity contribution in [3.8, 4) is 0 Å². The molecule has 0 spiro atoms. The molecular formula is C14H16Cl2FNO. The molecule has 1 amide bonds. The molecule has 1 fully saturated rings. The summed E-state index contributed by atoms with van der Waals surface area (Å²) in [5, 5.41) is -1.01. The summed E-state index contributed by atoms with van der Waals surface area (Å²) in [5.74, 6) is -0.836. The second kappa shape index (κ2) is 6.58. The lowest BCUT2D eigenvalue weighted by Gasteiger charge is -2.23. The molecule has 0 aromatic heterocycles. The molecule has 104 valence electrons. The number of alkyl halides is 1. The molecule has 0 saturated carbocycles. The highest BCUT2D eigenvalue weighted by molar-refractivity contribution is 6.32. The third-order valence-corrected chi connectivity index (χ3v) is 4.10. The van der Waals surface area contributed by atoms with Crippen LogP contribution in [0.15, 0.2) is 18.2 Å². The quantitative estimate of drug-likeness (QED) is 0.751. The van der Waals surface area contributed by atoms with E-state index < -0.39 is 11.2 Å². The van der Waals surface area contributed by atoms with Gasteiger partial charge in [-0.2, -0.15) is 0 Å². The number of carbonyl (C=O) groups excluding carboxylic acids is 1. The van der Waals surface area contributed by atoms with Crippen molar-refractivity contribution in [3.05, 3.63) is 34.6 Å². The van der Waals surface area contributed by atoms with Crippen LogP contribution in [0.2, 0.25) is 5.02 Å². The minimum atomic E-state index is -1.00. The molecule has 5 heteroatoms. The highest BCUT2D eigenvalue weighted by atomic mass is 35.5. The van der Waals surface area contributed by atoms with Gasteiger partial charge in [0.2, 0.25) is 5.91 Å². The second-order valence-electron chi connectivity index (χ2n) is 4.75. The number of hydrogen-bond donors (Lipinski definition) is 0. The van der Waals surface area contributed by atoms with Crippen LogP contribution in [0.5, 0.6) is 0 Å². The molecule has 1 atom stereocenters. The molecule has 1 aromatic rings. The molecule has 0 radical (unpaired) electrons. The minimum Gasteiger partial charge on any atom is -0.341 e. The number of likely N-dealkylation sites (tertiary alicyclic amines) is 1. The molecule has 2 rings (SSSR count). The molecule has 1 aliphatic rings. The van der Waals surface area contributed by atoms with Crippen LogP contribution >= 0.6 is 23.2 Å². The number of carbonyl (C=O) groups is 1. The van der Waals surface area contributed by atoms with Crippen LogP contribution in [-0.4, -0.2) is 23.9 Å². The molecule has 2 nitrogen and oxygen atoms in total. The number of amides is 1. The van der Waals surface area contributed by atoms with Crippen molar-refractivity contribution in [1.29, 1.82) is 0 Å². The van der Waals surface area contributed by atoms with E-state index in [2.05, 4.69) is 0 Å². The van der Waals surface area contributed by atoms with Crippen LogP contribution in [0.3, 0.4) is 0 Å². The van der Waals surface area contributed by atoms with Gasteiger partial charge in [-0.25, -0.2) is 4.39 Å². The fourth-order valence-electron chi connectivity index (χ4n) is 2.30. The second-order valence-corrected chi connectivity index (χ2v) is 5.59. The lowest BCUT2D eigenvalue weighted by Crippen LogP contribution is -2.34. The van der Waals surface area contributed by atoms with Crippen molar-refractivity contribution in [3.63, 3.8) is 0 Å². The molecule has 0 bridgehead atoms. The maximum atomic E-state index is 13.9. The maximum Gasteiger partial charge on any atom is 0.245 e. The van der Waals surface area contributed by atoms with Crippen LogP contribution in [0.1, 0.15) is 36.6 Å². The zero-order valence-corrected chi connectivity index (χ0v) is 12.1. The maximum absolute atomic E-state index is 13.9. The number of halogens is 3. The van der Waals surface area contributed by atoms with Crippen LogP contribution in [-0.2, 0) is 4.79 Å². The molecular weight excluding hydrogens is 288 g/mol. The summed E-state index contributed by atoms with van der Waals surface area (Å²) >= 11 is 11.8. The minimum absolute atomic E-state index is 0.00758. The Morgan fingerprint density at radius 3 is 2.47 bits per heavy atom. The first-order valence-electron chi connectivity index (χ1n) is 6.48. The Bertz CT molecular complexity index is 459. The van der Waals surface area contributed by atoms with E-state index in [0.29, 0.717) is 13.1 Å². The Morgan fingerprint density at radius 1 is 1.21 bits per heavy atom. The Morgan fingerprint density at radius 2 is 1.84 bits per heavy atom. The Labute approximate surface area is 122 Å². The zero-order valence-electron chi connectivity index (χ0n) is 10.5. The average molecular weight is 304 g/mol. The first-order valence-corrected chi connectivity index (χ1v) is 7.29. The number of nitrogens with zero attached hydrogens (tertiary/aromatic N) is 1. The summed E-state index contributed by atoms with van der Waals surface area (Å²) in [6.45, 7) is 1.40. The Hall–Kier alpha value is -0.800. The lowest BCUT2D eigenvalue weighted by molar-refractivity contribution is -0.130. The average Bonchev–Trinajstić information content (AvgIpc) is 2.69. The SMILES string of the molecule is O=C(C(Cl)c1cccc(Cl)c1F)N1CCCCCC1. The van der Waals surface area contributed by atoms with Gasteiger partial charge in [-0.05, 0) is 18.9 Å². The molecule has 0 N–H and O–H groups in total. The predicted octanol–water partition coefficient (Wildman–Crippen LogP) is 4.16. The first kappa shape index (κ1) is 14.6. The van der Waals surface area contributed by atoms with E-state index in [9.17, 15) is 9.18 Å². The van der Waals surface area contributed by atoms with Crippen molar-refractivity contribution in [2.24, 2.45) is 0 Å². The van der Waals surface area contributed by atoms with Gasteiger partial charge in [0, 0.05) is 18.7 Å². The van der Waals surface area contributed by atoms with Crippen LogP contribution in [0.25, 0.3) is 0 Å². The van der Waals surface area contributed by atoms with E-state index in [-0.39, 0.29) is 16.5 Å². The van der Waals surface area contributed by atoms with Crippen molar-refractivity contribution >= 4 is 29.1 Å². The van der Waals surface area contributed by atoms with Crippen LogP contribution < -0.4 is 0 Å². The summed E-state index contributed by atoms with van der Waals surface area (Å²) in [4.78, 5) is 14.0. The highest BCUT2D eigenvalue weighted by Gasteiger charge is 2.27. The van der Waals surface area contributed by atoms with Crippen LogP contribution in [0, 0.1) is 5.82 Å². The topological polar surface area (TPSA) is 20.3 Å². The van der Waals surface area contributed by atoms with Gasteiger partial charge in [0.25, 0.3) is 0 Å². The smallest absolute Gasteiger partial charge is 0.245 e. The highest BCUT2D eigenvalue weighted by Crippen LogP contribution is 2.29. The van der Waals surface area contributed by atoms with Gasteiger partial charge in [-0.15, -0.1) is 11.6 Å². The van der Waals surface area contributed by atoms with E-state index in [1.807, 2.05) is 0 Å². The van der Waals surface area contributed by atoms with Crippen molar-refractivity contribution in [1.82, 2.24) is 4.90 Å². The standard InChI is InChI=1S/C14H16Cl2FNO/c15-11-7-5-6-10(13(11)17)12(16)14(19)18-8-3-1-2-4-9-18/h5-7,12H,1-4,8-9H2. The molecule has 1 aromatic carbocycles. The Kier molecular flexibility index (Phi) is 5.06. The normalized spacial score (nSPS) is 17.9. The zero-order chi connectivity index (χ0) is 13.8. The van der Waals surface area contributed by atoms with Gasteiger partial charge in [-0.3, -0.25) is 4.79 Å². The number of benzene rings is 1. The van der Waals surface area contributed by atoms with Crippen molar-refractivity contribution in [2.75, 3.05) is 13.1 Å². The molecule has 1 aliphatic heterocycles. The fourth-order valence-corrected chi connectivity index (χ4v) is 2.79. The molecule has 19 heavy (non-hydrogen) atoms. The third kappa shape index (κ3) is 3.40. The van der Waals surface area contributed by atoms with Gasteiger partial charge >= 0.3 is 0 Å². The first-order chi connectivity index (χ1) is 9.11. The third-order valence-electron chi connectivity index (χ3n) is 3.39. The summed E-state index contributed by atoms with van der Waals surface area (Å²) in [6.07, 6.45) is 4.21. The van der Waals surface area contributed by atoms with Crippen molar-refractivity contribution in [2.45, 2.75) is 31.1 Å². The molecule has 1 unspecified atom stereocenters. The predicted molar refractivity (Wildman–Crippen MR) is 75.1 cm³/mol. The van der Waals surface area contributed by atoms with Gasteiger partial charge in [0.15, 0.2) is 0 Å². The van der Waals surface area contributed by atoms with Crippen molar-refractivity contribution < 1.29 is 9.18 Å². The van der Waals surface area contributed by atoms with E-state index in [4.69, 9.17) is 23.2 Å². The fraction of sp³-hybridized carbons (Fsp3) is 0.500. The lowest BCUT2D eigenvalue weighted by atomic mass is 10.1. The van der Waals surface area contributed by atoms with Gasteiger partial charge in [0.05, 0.1) is 5.02 Å². The molecule has 1 saturated heterocycles. The van der Waals surface area contributed by atoms with Gasteiger partial charge < -0.3 is 4.90 Å². The molecule has 1 heterocycles. The number of hydrogen-bond acceptors (Lipinski definition) is 1. The summed E-state index contributed by atoms with van der Waals surface area (Å²) < 4.78 is 13.9. The summed E-state index contributed by atoms with van der Waals surface area (Å²) in [7, 11) is 0. The molecule has 0 aliphatic carbocycles. The Balaban J connectivity index is 2.15.